The molecule has 27 heavy (non-hydrogen) atoms. The third-order valence-corrected chi connectivity index (χ3v) is 4.92. The number of likely N-dealkylation sites (N-methyl/N-ethyl adjacent to an activating group) is 1. The number of hydrogen-bond donors (Lipinski definition) is 4. The van der Waals surface area contributed by atoms with Crippen LogP contribution in [0.2, 0.25) is 0 Å². The summed E-state index contributed by atoms with van der Waals surface area (Å²) in [6.07, 6.45) is 0.972. The van der Waals surface area contributed by atoms with Crippen LogP contribution in [0.25, 0.3) is 0 Å². The zero-order valence-corrected chi connectivity index (χ0v) is 15.7. The average molecular weight is 381 g/mol. The van der Waals surface area contributed by atoms with Gasteiger partial charge in [0.15, 0.2) is 0 Å². The van der Waals surface area contributed by atoms with Crippen LogP contribution in [0.3, 0.4) is 0 Å². The second-order valence-corrected chi connectivity index (χ2v) is 7.10. The van der Waals surface area contributed by atoms with Gasteiger partial charge in [-0.1, -0.05) is 19.1 Å². The van der Waals surface area contributed by atoms with Crippen molar-refractivity contribution in [1.82, 2.24) is 15.5 Å². The van der Waals surface area contributed by atoms with Gasteiger partial charge in [0, 0.05) is 18.1 Å². The maximum Gasteiger partial charge on any atom is 0.317 e. The Labute approximate surface area is 158 Å². The smallest absolute Gasteiger partial charge is 0.317 e. The summed E-state index contributed by atoms with van der Waals surface area (Å²) in [5.41, 5.74) is 0.602. The molecule has 0 radical (unpaired) electrons. The minimum atomic E-state index is -0.848. The lowest BCUT2D eigenvalue weighted by Gasteiger charge is -2.42. The van der Waals surface area contributed by atoms with Crippen molar-refractivity contribution in [3.8, 4) is 0 Å². The second-order valence-electron chi connectivity index (χ2n) is 7.10. The van der Waals surface area contributed by atoms with Crippen LogP contribution in [0.4, 0.5) is 9.18 Å². The Hall–Kier alpha value is -2.19. The number of carbonyl (C=O) groups excluding carboxylic acids is 1. The number of rotatable bonds is 9. The van der Waals surface area contributed by atoms with Crippen molar-refractivity contribution in [1.29, 1.82) is 0 Å². The quantitative estimate of drug-likeness (QED) is 0.523. The summed E-state index contributed by atoms with van der Waals surface area (Å²) in [6.45, 7) is 4.39. The monoisotopic (exact) mass is 381 g/mol. The van der Waals surface area contributed by atoms with Crippen molar-refractivity contribution in [2.24, 2.45) is 0 Å². The van der Waals surface area contributed by atoms with E-state index in [1.807, 2.05) is 11.8 Å². The molecule has 0 aliphatic heterocycles. The highest BCUT2D eigenvalue weighted by atomic mass is 19.1. The Bertz CT molecular complexity index is 634. The SMILES string of the molecule is CCN(CC(=O)O)C1CC(NC(=O)NC(C)CC(O)c2ccc(F)cc2)C1. The van der Waals surface area contributed by atoms with Gasteiger partial charge in [-0.15, -0.1) is 0 Å². The van der Waals surface area contributed by atoms with Crippen LogP contribution < -0.4 is 10.6 Å². The summed E-state index contributed by atoms with van der Waals surface area (Å²) < 4.78 is 12.9. The van der Waals surface area contributed by atoms with Crippen molar-refractivity contribution < 1.29 is 24.2 Å². The molecule has 8 heteroatoms. The molecule has 0 spiro atoms. The molecule has 2 amide bonds. The fraction of sp³-hybridized carbons (Fsp3) is 0.579. The molecule has 1 aromatic carbocycles. The summed E-state index contributed by atoms with van der Waals surface area (Å²) >= 11 is 0. The Morgan fingerprint density at radius 2 is 1.93 bits per heavy atom. The first-order chi connectivity index (χ1) is 12.8. The number of benzene rings is 1. The number of urea groups is 1. The van der Waals surface area contributed by atoms with E-state index in [0.29, 0.717) is 18.5 Å². The van der Waals surface area contributed by atoms with Gasteiger partial charge in [-0.2, -0.15) is 0 Å². The van der Waals surface area contributed by atoms with Crippen LogP contribution >= 0.6 is 0 Å². The van der Waals surface area contributed by atoms with Gasteiger partial charge in [-0.3, -0.25) is 9.69 Å². The molecular formula is C19H28FN3O4. The number of aliphatic carboxylic acids is 1. The molecule has 1 aliphatic rings. The molecule has 1 aromatic rings. The number of carboxylic acids is 1. The normalized spacial score (nSPS) is 21.2. The summed E-state index contributed by atoms with van der Waals surface area (Å²) in [5, 5.41) is 24.7. The molecule has 2 unspecified atom stereocenters. The van der Waals surface area contributed by atoms with Crippen LogP contribution in [-0.2, 0) is 4.79 Å². The van der Waals surface area contributed by atoms with Crippen molar-refractivity contribution in [2.75, 3.05) is 13.1 Å². The number of hydrogen-bond acceptors (Lipinski definition) is 4. The summed E-state index contributed by atoms with van der Waals surface area (Å²) in [5.74, 6) is -1.21. The molecule has 1 aliphatic carbocycles. The van der Waals surface area contributed by atoms with Crippen LogP contribution in [0.5, 0.6) is 0 Å². The van der Waals surface area contributed by atoms with Crippen molar-refractivity contribution in [3.63, 3.8) is 0 Å². The Morgan fingerprint density at radius 1 is 1.30 bits per heavy atom. The maximum atomic E-state index is 12.9. The number of carboxylic acid groups (broad SMARTS) is 1. The highest BCUT2D eigenvalue weighted by Gasteiger charge is 2.34. The first kappa shape index (κ1) is 21.1. The minimum absolute atomic E-state index is 0.0123. The average Bonchev–Trinajstić information content (AvgIpc) is 2.56. The highest BCUT2D eigenvalue weighted by molar-refractivity contribution is 5.74. The van der Waals surface area contributed by atoms with E-state index in [2.05, 4.69) is 10.6 Å². The second kappa shape index (κ2) is 9.66. The number of nitrogens with zero attached hydrogens (tertiary/aromatic N) is 1. The molecule has 2 rings (SSSR count). The van der Waals surface area contributed by atoms with Gasteiger partial charge in [-0.25, -0.2) is 9.18 Å². The first-order valence-corrected chi connectivity index (χ1v) is 9.24. The maximum absolute atomic E-state index is 12.9. The van der Waals surface area contributed by atoms with Gasteiger partial charge >= 0.3 is 12.0 Å². The number of aliphatic hydroxyl groups is 1. The van der Waals surface area contributed by atoms with Gasteiger partial charge in [0.1, 0.15) is 5.82 Å². The summed E-state index contributed by atoms with van der Waals surface area (Å²) in [7, 11) is 0. The van der Waals surface area contributed by atoms with E-state index < -0.39 is 12.1 Å². The van der Waals surface area contributed by atoms with Gasteiger partial charge < -0.3 is 20.8 Å². The largest absolute Gasteiger partial charge is 0.480 e. The van der Waals surface area contributed by atoms with Gasteiger partial charge in [-0.05, 0) is 50.4 Å². The van der Waals surface area contributed by atoms with Gasteiger partial charge in [0.05, 0.1) is 12.6 Å². The third-order valence-electron chi connectivity index (χ3n) is 4.92. The van der Waals surface area contributed by atoms with E-state index >= 15 is 0 Å². The van der Waals surface area contributed by atoms with E-state index in [9.17, 15) is 19.1 Å². The van der Waals surface area contributed by atoms with E-state index in [4.69, 9.17) is 5.11 Å². The lowest BCUT2D eigenvalue weighted by Crippen LogP contribution is -2.57. The topological polar surface area (TPSA) is 102 Å². The molecular weight excluding hydrogens is 353 g/mol. The lowest BCUT2D eigenvalue weighted by atomic mass is 9.85. The van der Waals surface area contributed by atoms with Crippen LogP contribution in [0, 0.1) is 5.82 Å². The molecule has 0 bridgehead atoms. The Balaban J connectivity index is 1.70. The molecule has 0 heterocycles. The predicted molar refractivity (Wildman–Crippen MR) is 98.8 cm³/mol. The molecule has 1 saturated carbocycles. The van der Waals surface area contributed by atoms with E-state index in [1.54, 1.807) is 6.92 Å². The number of amides is 2. The first-order valence-electron chi connectivity index (χ1n) is 9.24. The van der Waals surface area contributed by atoms with Gasteiger partial charge in [0.25, 0.3) is 0 Å². The summed E-state index contributed by atoms with van der Waals surface area (Å²) in [4.78, 5) is 24.8. The number of halogens is 1. The standard InChI is InChI=1S/C19H28FN3O4/c1-3-23(11-18(25)26)16-9-15(10-16)22-19(27)21-12(2)8-17(24)13-4-6-14(20)7-5-13/h4-7,12,15-17,24H,3,8-11H2,1-2H3,(H,25,26)(H2,21,22,27). The summed E-state index contributed by atoms with van der Waals surface area (Å²) in [6, 6.07) is 5.26. The number of nitrogens with one attached hydrogen (secondary N) is 2. The lowest BCUT2D eigenvalue weighted by molar-refractivity contribution is -0.139. The van der Waals surface area contributed by atoms with Crippen molar-refractivity contribution in [3.05, 3.63) is 35.6 Å². The van der Waals surface area contributed by atoms with E-state index in [0.717, 1.165) is 12.8 Å². The van der Waals surface area contributed by atoms with Crippen molar-refractivity contribution >= 4 is 12.0 Å². The van der Waals surface area contributed by atoms with E-state index in [-0.39, 0.29) is 36.5 Å². The Morgan fingerprint density at radius 3 is 2.48 bits per heavy atom. The van der Waals surface area contributed by atoms with Gasteiger partial charge in [0.2, 0.25) is 0 Å². The fourth-order valence-electron chi connectivity index (χ4n) is 3.34. The Kier molecular flexibility index (Phi) is 7.55. The third kappa shape index (κ3) is 6.48. The molecule has 150 valence electrons. The van der Waals surface area contributed by atoms with Crippen LogP contribution in [0.1, 0.15) is 44.8 Å². The molecule has 0 aromatic heterocycles. The van der Waals surface area contributed by atoms with E-state index in [1.165, 1.54) is 24.3 Å². The number of aliphatic hydroxyl groups excluding tert-OH is 1. The van der Waals surface area contributed by atoms with Crippen LogP contribution in [-0.4, -0.2) is 58.3 Å². The zero-order chi connectivity index (χ0) is 20.0. The van der Waals surface area contributed by atoms with Crippen molar-refractivity contribution in [2.45, 2.75) is 57.3 Å². The molecule has 4 N–H and O–H groups in total. The molecule has 2 atom stereocenters. The minimum Gasteiger partial charge on any atom is -0.480 e. The molecule has 1 fully saturated rings. The zero-order valence-electron chi connectivity index (χ0n) is 15.7. The fourth-order valence-corrected chi connectivity index (χ4v) is 3.34. The van der Waals surface area contributed by atoms with Crippen LogP contribution in [0.15, 0.2) is 24.3 Å². The highest BCUT2D eigenvalue weighted by Crippen LogP contribution is 2.25. The molecule has 0 saturated heterocycles. The number of carbonyl (C=O) groups is 2. The predicted octanol–water partition coefficient (Wildman–Crippen LogP) is 1.87. The molecule has 7 nitrogen and oxygen atoms in total.